The molecule has 0 fully saturated rings. The average Bonchev–Trinajstić information content (AvgIpc) is 2.67. The molecule has 4 rings (SSSR count). The van der Waals surface area contributed by atoms with Crippen LogP contribution in [0.1, 0.15) is 15.9 Å². The van der Waals surface area contributed by atoms with Crippen LogP contribution < -0.4 is 15.2 Å². The summed E-state index contributed by atoms with van der Waals surface area (Å²) in [4.78, 5) is 29.9. The van der Waals surface area contributed by atoms with Crippen molar-refractivity contribution in [2.45, 2.75) is 6.92 Å². The first kappa shape index (κ1) is 16.1. The van der Waals surface area contributed by atoms with Crippen LogP contribution in [0.2, 0.25) is 0 Å². The van der Waals surface area contributed by atoms with Crippen LogP contribution in [0.3, 0.4) is 0 Å². The minimum Gasteiger partial charge on any atom is -0.490 e. The highest BCUT2D eigenvalue weighted by atomic mass is 16.5. The van der Waals surface area contributed by atoms with E-state index in [-0.39, 0.29) is 11.5 Å². The highest BCUT2D eigenvalue weighted by Gasteiger charge is 2.26. The zero-order valence-electron chi connectivity index (χ0n) is 14.4. The van der Waals surface area contributed by atoms with Crippen LogP contribution in [0.5, 0.6) is 5.75 Å². The molecule has 5 nitrogen and oxygen atoms in total. The summed E-state index contributed by atoms with van der Waals surface area (Å²) in [5.74, 6) is 0.348. The number of carbonyl (C=O) groups excluding carboxylic acids is 1. The largest absolute Gasteiger partial charge is 0.490 e. The van der Waals surface area contributed by atoms with Crippen molar-refractivity contribution in [3.05, 3.63) is 82.1 Å². The van der Waals surface area contributed by atoms with Gasteiger partial charge in [-0.2, -0.15) is 0 Å². The maximum absolute atomic E-state index is 13.0. The molecular formula is C21H18N2O3. The average molecular weight is 346 g/mol. The van der Waals surface area contributed by atoms with Gasteiger partial charge >= 0.3 is 0 Å². The Bertz CT molecular complexity index is 1020. The number of aromatic amines is 1. The van der Waals surface area contributed by atoms with Crippen molar-refractivity contribution in [2.24, 2.45) is 0 Å². The zero-order valence-corrected chi connectivity index (χ0v) is 14.4. The van der Waals surface area contributed by atoms with Gasteiger partial charge < -0.3 is 14.6 Å². The third-order valence-electron chi connectivity index (χ3n) is 4.45. The van der Waals surface area contributed by atoms with E-state index in [1.807, 2.05) is 55.5 Å². The van der Waals surface area contributed by atoms with Gasteiger partial charge in [-0.15, -0.1) is 0 Å². The van der Waals surface area contributed by atoms with Gasteiger partial charge in [0.15, 0.2) is 0 Å². The summed E-state index contributed by atoms with van der Waals surface area (Å²) < 4.78 is 5.65. The van der Waals surface area contributed by atoms with Crippen LogP contribution >= 0.6 is 0 Å². The summed E-state index contributed by atoms with van der Waals surface area (Å²) in [6, 6.07) is 18.6. The monoisotopic (exact) mass is 346 g/mol. The molecule has 1 aromatic heterocycles. The zero-order chi connectivity index (χ0) is 18.1. The second-order valence-electron chi connectivity index (χ2n) is 6.26. The highest BCUT2D eigenvalue weighted by molar-refractivity contribution is 6.07. The number of hydrogen-bond acceptors (Lipinski definition) is 3. The molecule has 1 amide bonds. The van der Waals surface area contributed by atoms with Crippen LogP contribution in [0, 0.1) is 6.92 Å². The van der Waals surface area contributed by atoms with Crippen LogP contribution in [-0.2, 0) is 0 Å². The fraction of sp³-hybridized carbons (Fsp3) is 0.143. The lowest BCUT2D eigenvalue weighted by atomic mass is 10.1. The molecule has 5 heteroatoms. The maximum atomic E-state index is 13.0. The smallest absolute Gasteiger partial charge is 0.264 e. The topological polar surface area (TPSA) is 62.4 Å². The highest BCUT2D eigenvalue weighted by Crippen LogP contribution is 2.33. The number of pyridine rings is 1. The number of aryl methyl sites for hydroxylation is 1. The molecule has 130 valence electrons. The Morgan fingerprint density at radius 2 is 1.88 bits per heavy atom. The number of amides is 1. The molecule has 1 aliphatic rings. The number of anilines is 1. The predicted octanol–water partition coefficient (Wildman–Crippen LogP) is 3.39. The number of nitrogens with one attached hydrogen (secondary N) is 1. The molecule has 1 N–H and O–H groups in total. The van der Waals surface area contributed by atoms with E-state index in [4.69, 9.17) is 4.74 Å². The Kier molecular flexibility index (Phi) is 4.05. The van der Waals surface area contributed by atoms with E-state index in [2.05, 4.69) is 4.98 Å². The SMILES string of the molecule is Cc1ccc2c(c1)OCCN2C(=O)c1ccc(-c2ccccc2)[nH]c1=O. The van der Waals surface area contributed by atoms with Crippen LogP contribution in [0.4, 0.5) is 5.69 Å². The standard InChI is InChI=1S/C21H18N2O3/c1-14-7-10-18-19(13-14)26-12-11-23(18)21(25)16-8-9-17(22-20(16)24)15-5-3-2-4-6-15/h2-10,13H,11-12H2,1H3,(H,22,24). The first-order valence-corrected chi connectivity index (χ1v) is 8.47. The van der Waals surface area contributed by atoms with Gasteiger partial charge in [0, 0.05) is 5.69 Å². The van der Waals surface area contributed by atoms with Crippen molar-refractivity contribution in [3.63, 3.8) is 0 Å². The van der Waals surface area contributed by atoms with Crippen molar-refractivity contribution in [1.82, 2.24) is 4.98 Å². The summed E-state index contributed by atoms with van der Waals surface area (Å²) in [7, 11) is 0. The third kappa shape index (κ3) is 2.88. The van der Waals surface area contributed by atoms with Crippen LogP contribution in [0.25, 0.3) is 11.3 Å². The summed E-state index contributed by atoms with van der Waals surface area (Å²) in [6.07, 6.45) is 0. The quantitative estimate of drug-likeness (QED) is 0.774. The molecule has 1 aliphatic heterocycles. The molecule has 0 radical (unpaired) electrons. The van der Waals surface area contributed by atoms with E-state index < -0.39 is 5.56 Å². The molecule has 0 spiro atoms. The first-order chi connectivity index (χ1) is 12.6. The van der Waals surface area contributed by atoms with E-state index in [9.17, 15) is 9.59 Å². The number of fused-ring (bicyclic) bond motifs is 1. The third-order valence-corrected chi connectivity index (χ3v) is 4.45. The number of benzene rings is 2. The van der Waals surface area contributed by atoms with Gasteiger partial charge in [-0.05, 0) is 42.3 Å². The minimum absolute atomic E-state index is 0.123. The molecule has 0 saturated carbocycles. The van der Waals surface area contributed by atoms with Gasteiger partial charge in [0.05, 0.1) is 12.2 Å². The molecule has 0 aliphatic carbocycles. The molecule has 2 aromatic carbocycles. The van der Waals surface area contributed by atoms with Gasteiger partial charge in [0.25, 0.3) is 11.5 Å². The molecule has 3 aromatic rings. The lowest BCUT2D eigenvalue weighted by molar-refractivity contribution is 0.0975. The number of ether oxygens (including phenoxy) is 1. The normalized spacial score (nSPS) is 13.0. The minimum atomic E-state index is -0.392. The second kappa shape index (κ2) is 6.52. The molecule has 2 heterocycles. The van der Waals surface area contributed by atoms with Crippen molar-refractivity contribution in [1.29, 1.82) is 0 Å². The second-order valence-corrected chi connectivity index (χ2v) is 6.26. The summed E-state index contributed by atoms with van der Waals surface area (Å²) in [5.41, 5.74) is 3.07. The molecule has 0 bridgehead atoms. The molecule has 0 atom stereocenters. The fourth-order valence-corrected chi connectivity index (χ4v) is 3.11. The number of aromatic nitrogens is 1. The van der Waals surface area contributed by atoms with E-state index in [0.29, 0.717) is 30.3 Å². The van der Waals surface area contributed by atoms with Gasteiger partial charge in [-0.1, -0.05) is 36.4 Å². The van der Waals surface area contributed by atoms with Crippen LogP contribution in [0.15, 0.2) is 65.5 Å². The van der Waals surface area contributed by atoms with E-state index in [1.165, 1.54) is 0 Å². The first-order valence-electron chi connectivity index (χ1n) is 8.47. The Morgan fingerprint density at radius 1 is 1.08 bits per heavy atom. The summed E-state index contributed by atoms with van der Waals surface area (Å²) in [6.45, 7) is 2.79. The molecule has 0 unspecified atom stereocenters. The van der Waals surface area contributed by atoms with E-state index in [0.717, 1.165) is 11.1 Å². The van der Waals surface area contributed by atoms with Gasteiger partial charge in [-0.3, -0.25) is 9.59 Å². The van der Waals surface area contributed by atoms with Gasteiger partial charge in [0.1, 0.15) is 17.9 Å². The number of hydrogen-bond donors (Lipinski definition) is 1. The van der Waals surface area contributed by atoms with Crippen LogP contribution in [-0.4, -0.2) is 24.0 Å². The lowest BCUT2D eigenvalue weighted by Gasteiger charge is -2.29. The summed E-state index contributed by atoms with van der Waals surface area (Å²) in [5, 5.41) is 0. The summed E-state index contributed by atoms with van der Waals surface area (Å²) >= 11 is 0. The van der Waals surface area contributed by atoms with Gasteiger partial charge in [-0.25, -0.2) is 0 Å². The van der Waals surface area contributed by atoms with Crippen molar-refractivity contribution in [3.8, 4) is 17.0 Å². The molecule has 26 heavy (non-hydrogen) atoms. The van der Waals surface area contributed by atoms with Crippen molar-refractivity contribution >= 4 is 11.6 Å². The Balaban J connectivity index is 1.69. The lowest BCUT2D eigenvalue weighted by Crippen LogP contribution is -2.40. The van der Waals surface area contributed by atoms with Crippen molar-refractivity contribution < 1.29 is 9.53 Å². The Hall–Kier alpha value is -3.34. The Labute approximate surface area is 150 Å². The maximum Gasteiger partial charge on any atom is 0.264 e. The number of rotatable bonds is 2. The molecular weight excluding hydrogens is 328 g/mol. The number of H-pyrrole nitrogens is 1. The van der Waals surface area contributed by atoms with E-state index >= 15 is 0 Å². The van der Waals surface area contributed by atoms with E-state index in [1.54, 1.807) is 17.0 Å². The number of carbonyl (C=O) groups is 1. The van der Waals surface area contributed by atoms with Crippen molar-refractivity contribution in [2.75, 3.05) is 18.1 Å². The van der Waals surface area contributed by atoms with Gasteiger partial charge in [0.2, 0.25) is 0 Å². The molecule has 0 saturated heterocycles. The Morgan fingerprint density at radius 3 is 2.65 bits per heavy atom. The number of nitrogens with zero attached hydrogens (tertiary/aromatic N) is 1. The fourth-order valence-electron chi connectivity index (χ4n) is 3.11. The predicted molar refractivity (Wildman–Crippen MR) is 101 cm³/mol.